The summed E-state index contributed by atoms with van der Waals surface area (Å²) in [7, 11) is 0. The Hall–Kier alpha value is -1.37. The third kappa shape index (κ3) is 5.79. The van der Waals surface area contributed by atoms with Gasteiger partial charge in [0.05, 0.1) is 0 Å². The molecule has 0 spiro atoms. The van der Waals surface area contributed by atoms with E-state index in [1.54, 1.807) is 0 Å². The van der Waals surface area contributed by atoms with Crippen molar-refractivity contribution in [2.75, 3.05) is 39.3 Å². The minimum Gasteiger partial charge on any atom is -0.369 e. The molecule has 0 aliphatic carbocycles. The summed E-state index contributed by atoms with van der Waals surface area (Å²) < 4.78 is 14.7. The van der Waals surface area contributed by atoms with Crippen molar-refractivity contribution in [3.05, 3.63) is 0 Å². The first kappa shape index (κ1) is 18.7. The monoisotopic (exact) mass is 421 g/mol. The first-order chi connectivity index (χ1) is 9.92. The third-order valence-corrected chi connectivity index (χ3v) is 6.73. The molecule has 0 radical (unpaired) electrons. The largest absolute Gasteiger partial charge is 0.369 e. The summed E-state index contributed by atoms with van der Waals surface area (Å²) in [6.07, 6.45) is 0. The number of carboxylic acid groups (broad SMARTS) is 1. The smallest absolute Gasteiger partial charge is 0.369 e. The minimum absolute atomic E-state index is 0. The van der Waals surface area contributed by atoms with Gasteiger partial charge in [0.1, 0.15) is 0 Å². The zero-order valence-electron chi connectivity index (χ0n) is 12.0. The molecule has 12 heteroatoms. The predicted octanol–water partition coefficient (Wildman–Crippen LogP) is -3.64. The number of hydrogen-bond acceptors (Lipinski definition) is 10. The van der Waals surface area contributed by atoms with Gasteiger partial charge < -0.3 is 6.15 Å². The zero-order valence-corrected chi connectivity index (χ0v) is 15.3. The Kier molecular flexibility index (Phi) is 7.06. The van der Waals surface area contributed by atoms with Crippen LogP contribution in [0.3, 0.4) is 0 Å². The molecule has 3 rings (SSSR count). The molecule has 11 nitrogen and oxygen atoms in total. The number of aliphatic carboxylic acids is 1. The maximum atomic E-state index is 11.7. The molecular formula is C10H16InN3O8. The van der Waals surface area contributed by atoms with Crippen molar-refractivity contribution in [1.29, 1.82) is 0 Å². The average molecular weight is 421 g/mol. The number of hydrogen-bond donors (Lipinski definition) is 1. The number of carbonyl (C=O) groups is 4. The normalized spacial score (nSPS) is 20.9. The number of quaternary nitrogens is 1. The fraction of sp³-hybridized carbons (Fsp3) is 0.600. The van der Waals surface area contributed by atoms with Crippen molar-refractivity contribution in [1.82, 2.24) is 16.0 Å². The van der Waals surface area contributed by atoms with Crippen LogP contribution in [0.25, 0.3) is 0 Å². The molecule has 3 aliphatic rings. The summed E-state index contributed by atoms with van der Waals surface area (Å²) in [6, 6.07) is 0. The van der Waals surface area contributed by atoms with E-state index >= 15 is 0 Å². The summed E-state index contributed by atoms with van der Waals surface area (Å²) in [4.78, 5) is 48.3. The van der Waals surface area contributed by atoms with Crippen LogP contribution in [0.2, 0.25) is 0 Å². The van der Waals surface area contributed by atoms with Crippen LogP contribution < -0.4 is 11.3 Å². The van der Waals surface area contributed by atoms with Gasteiger partial charge in [-0.1, -0.05) is 0 Å². The van der Waals surface area contributed by atoms with Gasteiger partial charge in [-0.2, -0.15) is 0 Å². The first-order valence-electron chi connectivity index (χ1n) is 6.15. The van der Waals surface area contributed by atoms with E-state index in [9.17, 15) is 24.3 Å². The Labute approximate surface area is 135 Å². The topological polar surface area (TPSA) is 162 Å². The fourth-order valence-corrected chi connectivity index (χ4v) is 4.84. The van der Waals surface area contributed by atoms with E-state index in [1.807, 2.05) is 0 Å². The predicted molar refractivity (Wildman–Crippen MR) is 67.9 cm³/mol. The quantitative estimate of drug-likeness (QED) is 0.471. The zero-order chi connectivity index (χ0) is 15.4. The second kappa shape index (κ2) is 8.31. The van der Waals surface area contributed by atoms with Crippen LogP contribution in [0.5, 0.6) is 0 Å². The van der Waals surface area contributed by atoms with Crippen molar-refractivity contribution in [2.24, 2.45) is 0 Å². The van der Waals surface area contributed by atoms with Crippen LogP contribution in [0, 0.1) is 0 Å². The van der Waals surface area contributed by atoms with E-state index in [2.05, 4.69) is 0 Å². The summed E-state index contributed by atoms with van der Waals surface area (Å²) in [6.45, 7) is -0.676. The molecule has 0 aromatic heterocycles. The average Bonchev–Trinajstić information content (AvgIpc) is 2.35. The fourth-order valence-electron chi connectivity index (χ4n) is 1.95. The number of rotatable bonds is 2. The Morgan fingerprint density at radius 2 is 1.50 bits per heavy atom. The minimum atomic E-state index is -3.99. The molecule has 122 valence electrons. The number of carbonyl (C=O) groups excluding carboxylic acids is 4. The summed E-state index contributed by atoms with van der Waals surface area (Å²) in [5.74, 6) is -3.36. The van der Waals surface area contributed by atoms with Gasteiger partial charge in [0.2, 0.25) is 0 Å². The van der Waals surface area contributed by atoms with Crippen molar-refractivity contribution < 1.29 is 32.8 Å². The Morgan fingerprint density at radius 3 is 2.00 bits per heavy atom. The van der Waals surface area contributed by atoms with Gasteiger partial charge in [-0.25, -0.2) is 0 Å². The van der Waals surface area contributed by atoms with Crippen LogP contribution in [-0.4, -0.2) is 95.7 Å². The maximum absolute atomic E-state index is 11.7. The van der Waals surface area contributed by atoms with Crippen LogP contribution in [0.1, 0.15) is 0 Å². The molecule has 3 aliphatic heterocycles. The molecule has 4 N–H and O–H groups in total. The molecule has 3 heterocycles. The van der Waals surface area contributed by atoms with Gasteiger partial charge in [-0.15, -0.1) is 0 Å². The van der Waals surface area contributed by atoms with Gasteiger partial charge in [0.15, 0.2) is 0 Å². The first-order valence-corrected chi connectivity index (χ1v) is 10.2. The SMILES string of the molecule is O=C([O-])CN1CCN2CC(=O)[O][In]([O]C(=O)C1)[O]C(=O)C2.[NH4+]. The maximum Gasteiger partial charge on any atom is -0.369 e. The van der Waals surface area contributed by atoms with Gasteiger partial charge in [0.25, 0.3) is 0 Å². The Morgan fingerprint density at radius 1 is 1.00 bits per heavy atom. The van der Waals surface area contributed by atoms with Gasteiger partial charge in [-0.05, 0) is 0 Å². The Balaban J connectivity index is 0.00000242. The molecule has 0 atom stereocenters. The van der Waals surface area contributed by atoms with Crippen molar-refractivity contribution in [3.63, 3.8) is 0 Å². The number of carboxylic acids is 1. The molecule has 0 aromatic rings. The summed E-state index contributed by atoms with van der Waals surface area (Å²) in [5.41, 5.74) is 0. The molecule has 2 bridgehead atoms. The van der Waals surface area contributed by atoms with Crippen molar-refractivity contribution in [2.45, 2.75) is 0 Å². The summed E-state index contributed by atoms with van der Waals surface area (Å²) >= 11 is -3.99. The number of fused-ring (bicyclic) bond motifs is 9. The molecule has 3 saturated heterocycles. The van der Waals surface area contributed by atoms with Gasteiger partial charge >= 0.3 is 129 Å². The van der Waals surface area contributed by atoms with E-state index in [-0.39, 0.29) is 38.9 Å². The molecule has 0 aromatic carbocycles. The van der Waals surface area contributed by atoms with Crippen molar-refractivity contribution >= 4 is 46.6 Å². The van der Waals surface area contributed by atoms with Gasteiger partial charge in [-0.3, -0.25) is 0 Å². The van der Waals surface area contributed by atoms with Crippen LogP contribution in [0.15, 0.2) is 0 Å². The van der Waals surface area contributed by atoms with E-state index in [4.69, 9.17) is 8.56 Å². The Bertz CT molecular complexity index is 453. The van der Waals surface area contributed by atoms with Gasteiger partial charge in [0, 0.05) is 0 Å². The third-order valence-electron chi connectivity index (χ3n) is 2.83. The van der Waals surface area contributed by atoms with E-state index in [0.717, 1.165) is 0 Å². The molecule has 0 unspecified atom stereocenters. The molecule has 0 saturated carbocycles. The molecular weight excluding hydrogens is 405 g/mol. The molecule has 3 fully saturated rings. The molecule has 0 amide bonds. The van der Waals surface area contributed by atoms with E-state index in [1.165, 1.54) is 9.80 Å². The standard InChI is InChI=1S/C10H16N2O8.In.H3N/c13-7(14)3-11(4-8(15)16)1-2-12(5-9(17)18)6-10(19)20;;/h1-6H2,(H,13,14)(H,15,16)(H,17,18)(H,19,20);;1H3/q;+3;/p-3. The summed E-state index contributed by atoms with van der Waals surface area (Å²) in [5, 5.41) is 10.7. The molecule has 22 heavy (non-hydrogen) atoms. The van der Waals surface area contributed by atoms with Crippen LogP contribution in [0.4, 0.5) is 0 Å². The van der Waals surface area contributed by atoms with Crippen molar-refractivity contribution in [3.8, 4) is 0 Å². The van der Waals surface area contributed by atoms with Crippen LogP contribution >= 0.6 is 0 Å². The second-order valence-corrected chi connectivity index (χ2v) is 8.22. The van der Waals surface area contributed by atoms with E-state index < -0.39 is 53.2 Å². The second-order valence-electron chi connectivity index (χ2n) is 4.55. The van der Waals surface area contributed by atoms with E-state index in [0.29, 0.717) is 0 Å². The number of nitrogens with zero attached hydrogens (tertiary/aromatic N) is 2. The van der Waals surface area contributed by atoms with Crippen LogP contribution in [-0.2, 0) is 27.7 Å².